The van der Waals surface area contributed by atoms with Gasteiger partial charge in [-0.3, -0.25) is 0 Å². The Labute approximate surface area is 74.5 Å². The lowest BCUT2D eigenvalue weighted by molar-refractivity contribution is 0.415. The van der Waals surface area contributed by atoms with E-state index in [4.69, 9.17) is 4.74 Å². The molecule has 0 saturated carbocycles. The number of hydrogen-bond donors (Lipinski definition) is 0. The summed E-state index contributed by atoms with van der Waals surface area (Å²) in [7, 11) is 0. The number of benzene rings is 1. The molecular formula is C9H9BrO. The van der Waals surface area contributed by atoms with Crippen molar-refractivity contribution in [2.75, 3.05) is 6.61 Å². The molecule has 0 aliphatic carbocycles. The third-order valence-electron chi connectivity index (χ3n) is 1.99. The van der Waals surface area contributed by atoms with Crippen LogP contribution in [0.25, 0.3) is 0 Å². The molecule has 0 amide bonds. The molecule has 1 aromatic carbocycles. The first-order chi connectivity index (χ1) is 5.29. The lowest BCUT2D eigenvalue weighted by Crippen LogP contribution is -1.86. The normalized spacial score (nSPS) is 21.8. The van der Waals surface area contributed by atoms with Crippen molar-refractivity contribution >= 4 is 15.9 Å². The first-order valence-corrected chi connectivity index (χ1v) is 4.45. The molecule has 0 aromatic heterocycles. The summed E-state index contributed by atoms with van der Waals surface area (Å²) in [6.07, 6.45) is 0.368. The van der Waals surface area contributed by atoms with Crippen LogP contribution >= 0.6 is 15.9 Å². The second-order valence-electron chi connectivity index (χ2n) is 2.78. The van der Waals surface area contributed by atoms with Crippen LogP contribution in [-0.4, -0.2) is 6.61 Å². The van der Waals surface area contributed by atoms with Gasteiger partial charge in [-0.1, -0.05) is 28.1 Å². The van der Waals surface area contributed by atoms with Crippen LogP contribution < -0.4 is 0 Å². The van der Waals surface area contributed by atoms with E-state index in [9.17, 15) is 0 Å². The molecule has 1 unspecified atom stereocenters. The maximum Gasteiger partial charge on any atom is 0.106 e. The zero-order valence-corrected chi connectivity index (χ0v) is 7.89. The molecule has 1 heterocycles. The molecule has 1 aliphatic heterocycles. The highest BCUT2D eigenvalue weighted by molar-refractivity contribution is 9.10. The van der Waals surface area contributed by atoms with Crippen LogP contribution in [0.1, 0.15) is 17.2 Å². The number of halogens is 1. The fourth-order valence-electron chi connectivity index (χ4n) is 1.20. The summed E-state index contributed by atoms with van der Waals surface area (Å²) < 4.78 is 6.38. The van der Waals surface area contributed by atoms with Gasteiger partial charge in [0.15, 0.2) is 0 Å². The Morgan fingerprint density at radius 1 is 1.55 bits per heavy atom. The third kappa shape index (κ3) is 1.33. The van der Waals surface area contributed by atoms with Gasteiger partial charge in [-0.25, -0.2) is 0 Å². The predicted octanol–water partition coefficient (Wildman–Crippen LogP) is 2.83. The third-order valence-corrected chi connectivity index (χ3v) is 2.85. The fourth-order valence-corrected chi connectivity index (χ4v) is 1.58. The molecule has 58 valence electrons. The topological polar surface area (TPSA) is 12.5 Å². The Hall–Kier alpha value is -0.340. The average Bonchev–Trinajstić information content (AvgIpc) is 2.77. The van der Waals surface area contributed by atoms with Crippen LogP contribution in [0.5, 0.6) is 0 Å². The summed E-state index contributed by atoms with van der Waals surface area (Å²) in [5.74, 6) is 0. The summed E-state index contributed by atoms with van der Waals surface area (Å²) in [5.41, 5.74) is 2.62. The van der Waals surface area contributed by atoms with Crippen molar-refractivity contribution in [1.29, 1.82) is 0 Å². The monoisotopic (exact) mass is 212 g/mol. The Bertz CT molecular complexity index is 279. The second kappa shape index (κ2) is 2.61. The van der Waals surface area contributed by atoms with E-state index in [0.717, 1.165) is 6.61 Å². The van der Waals surface area contributed by atoms with Crippen molar-refractivity contribution in [1.82, 2.24) is 0 Å². The Kier molecular flexibility index (Phi) is 1.74. The Morgan fingerprint density at radius 2 is 2.27 bits per heavy atom. The van der Waals surface area contributed by atoms with Gasteiger partial charge >= 0.3 is 0 Å². The highest BCUT2D eigenvalue weighted by Crippen LogP contribution is 2.34. The van der Waals surface area contributed by atoms with Crippen molar-refractivity contribution in [3.63, 3.8) is 0 Å². The predicted molar refractivity (Wildman–Crippen MR) is 47.6 cm³/mol. The van der Waals surface area contributed by atoms with Gasteiger partial charge in [-0.15, -0.1) is 0 Å². The highest BCUT2D eigenvalue weighted by Gasteiger charge is 2.26. The number of ether oxygens (including phenoxy) is 1. The van der Waals surface area contributed by atoms with E-state index >= 15 is 0 Å². The van der Waals surface area contributed by atoms with Gasteiger partial charge < -0.3 is 4.74 Å². The van der Waals surface area contributed by atoms with Gasteiger partial charge in [-0.05, 0) is 24.1 Å². The molecule has 2 heteroatoms. The first-order valence-electron chi connectivity index (χ1n) is 3.65. The molecular weight excluding hydrogens is 204 g/mol. The molecule has 1 nitrogen and oxygen atoms in total. The van der Waals surface area contributed by atoms with E-state index in [1.807, 2.05) is 6.07 Å². The van der Waals surface area contributed by atoms with Crippen LogP contribution in [0, 0.1) is 6.92 Å². The summed E-state index contributed by atoms with van der Waals surface area (Å²) in [6.45, 7) is 3.00. The standard InChI is InChI=1S/C9H9BrO/c1-6-7(9-5-11-9)3-2-4-8(6)10/h2-4,9H,5H2,1H3. The van der Waals surface area contributed by atoms with E-state index in [1.54, 1.807) is 0 Å². The SMILES string of the molecule is Cc1c(Br)cccc1C1CO1. The number of rotatable bonds is 1. The fraction of sp³-hybridized carbons (Fsp3) is 0.333. The summed E-state index contributed by atoms with van der Waals surface area (Å²) in [4.78, 5) is 0. The lowest BCUT2D eigenvalue weighted by atomic mass is 10.1. The molecule has 0 spiro atoms. The molecule has 0 radical (unpaired) electrons. The van der Waals surface area contributed by atoms with Crippen molar-refractivity contribution in [3.05, 3.63) is 33.8 Å². The van der Waals surface area contributed by atoms with Crippen LogP contribution in [0.2, 0.25) is 0 Å². The number of hydrogen-bond acceptors (Lipinski definition) is 1. The van der Waals surface area contributed by atoms with Gasteiger partial charge in [0.1, 0.15) is 6.10 Å². The molecule has 1 atom stereocenters. The quantitative estimate of drug-likeness (QED) is 0.653. The summed E-state index contributed by atoms with van der Waals surface area (Å²) in [6, 6.07) is 6.23. The smallest absolute Gasteiger partial charge is 0.106 e. The van der Waals surface area contributed by atoms with Crippen molar-refractivity contribution in [2.45, 2.75) is 13.0 Å². The average molecular weight is 213 g/mol. The van der Waals surface area contributed by atoms with E-state index in [0.29, 0.717) is 6.10 Å². The van der Waals surface area contributed by atoms with Gasteiger partial charge in [0.25, 0.3) is 0 Å². The van der Waals surface area contributed by atoms with Crippen LogP contribution in [0.15, 0.2) is 22.7 Å². The molecule has 2 rings (SSSR count). The molecule has 1 saturated heterocycles. The zero-order chi connectivity index (χ0) is 7.84. The summed E-state index contributed by atoms with van der Waals surface area (Å²) in [5, 5.41) is 0. The molecule has 1 fully saturated rings. The summed E-state index contributed by atoms with van der Waals surface area (Å²) >= 11 is 3.49. The van der Waals surface area contributed by atoms with Crippen LogP contribution in [-0.2, 0) is 4.74 Å². The van der Waals surface area contributed by atoms with Gasteiger partial charge in [0.2, 0.25) is 0 Å². The largest absolute Gasteiger partial charge is 0.368 e. The van der Waals surface area contributed by atoms with Crippen molar-refractivity contribution in [2.24, 2.45) is 0 Å². The molecule has 1 aliphatic rings. The molecule has 11 heavy (non-hydrogen) atoms. The Morgan fingerprint density at radius 3 is 2.91 bits per heavy atom. The van der Waals surface area contributed by atoms with Gasteiger partial charge in [0.05, 0.1) is 6.61 Å². The zero-order valence-electron chi connectivity index (χ0n) is 6.30. The lowest BCUT2D eigenvalue weighted by Gasteiger charge is -2.02. The Balaban J connectivity index is 2.45. The van der Waals surface area contributed by atoms with Gasteiger partial charge in [-0.2, -0.15) is 0 Å². The van der Waals surface area contributed by atoms with Crippen LogP contribution in [0.4, 0.5) is 0 Å². The molecule has 1 aromatic rings. The number of epoxide rings is 1. The molecule has 0 N–H and O–H groups in total. The van der Waals surface area contributed by atoms with E-state index in [2.05, 4.69) is 35.0 Å². The van der Waals surface area contributed by atoms with E-state index in [-0.39, 0.29) is 0 Å². The minimum Gasteiger partial charge on any atom is -0.368 e. The first kappa shape index (κ1) is 7.32. The van der Waals surface area contributed by atoms with Crippen molar-refractivity contribution in [3.8, 4) is 0 Å². The van der Waals surface area contributed by atoms with Gasteiger partial charge in [0, 0.05) is 4.47 Å². The highest BCUT2D eigenvalue weighted by atomic mass is 79.9. The second-order valence-corrected chi connectivity index (χ2v) is 3.63. The van der Waals surface area contributed by atoms with E-state index < -0.39 is 0 Å². The van der Waals surface area contributed by atoms with E-state index in [1.165, 1.54) is 15.6 Å². The van der Waals surface area contributed by atoms with Crippen molar-refractivity contribution < 1.29 is 4.74 Å². The minimum absolute atomic E-state index is 0.368. The minimum atomic E-state index is 0.368. The van der Waals surface area contributed by atoms with Crippen LogP contribution in [0.3, 0.4) is 0 Å². The maximum atomic E-state index is 5.21. The molecule has 0 bridgehead atoms. The maximum absolute atomic E-state index is 5.21.